The molecule has 0 atom stereocenters. The summed E-state index contributed by atoms with van der Waals surface area (Å²) in [4.78, 5) is 4.02. The van der Waals surface area contributed by atoms with Crippen LogP contribution in [-0.4, -0.2) is 30.2 Å². The maximum atomic E-state index is 12.7. The Morgan fingerprint density at radius 3 is 2.77 bits per heavy atom. The number of thiol groups is 1. The monoisotopic (exact) mass is 378 g/mol. The zero-order valence-corrected chi connectivity index (χ0v) is 14.3. The van der Waals surface area contributed by atoms with Crippen molar-refractivity contribution in [2.24, 2.45) is 0 Å². The van der Waals surface area contributed by atoms with Gasteiger partial charge in [-0.1, -0.05) is 18.2 Å². The first kappa shape index (κ1) is 17.8. The zero-order chi connectivity index (χ0) is 18.8. The molecule has 0 spiro atoms. The number of alkyl halides is 2. The van der Waals surface area contributed by atoms with Gasteiger partial charge in [0.05, 0.1) is 22.9 Å². The molecule has 10 heteroatoms. The van der Waals surface area contributed by atoms with Crippen LogP contribution in [0.4, 0.5) is 8.78 Å². The van der Waals surface area contributed by atoms with E-state index in [9.17, 15) is 22.5 Å². The number of aromatic amines is 1. The fraction of sp³-hybridized carbons (Fsp3) is 0.188. The third kappa shape index (κ3) is 3.34. The molecule has 0 unspecified atom stereocenters. The lowest BCUT2D eigenvalue weighted by molar-refractivity contribution is -0.0518. The van der Waals surface area contributed by atoms with Gasteiger partial charge >= 0.3 is 6.61 Å². The number of nitrogens with one attached hydrogen (secondary N) is 1. The number of ether oxygens (including phenoxy) is 1. The lowest BCUT2D eigenvalue weighted by atomic mass is 9.97. The largest absolute Gasteiger partial charge is 0.415 e. The number of nitriles is 1. The number of rotatable bonds is 5. The van der Waals surface area contributed by atoms with Gasteiger partial charge in [0.25, 0.3) is 0 Å². The molecule has 0 aliphatic rings. The highest BCUT2D eigenvalue weighted by atomic mass is 32.2. The Labute approximate surface area is 148 Å². The smallest absolute Gasteiger partial charge is 0.388 e. The summed E-state index contributed by atoms with van der Waals surface area (Å²) < 4.78 is 51.7. The molecule has 2 aromatic heterocycles. The van der Waals surface area contributed by atoms with Crippen molar-refractivity contribution >= 4 is 21.6 Å². The van der Waals surface area contributed by atoms with Crippen LogP contribution >= 0.6 is 0 Å². The summed E-state index contributed by atoms with van der Waals surface area (Å²) in [5, 5.41) is 15.9. The number of aryl methyl sites for hydroxylation is 1. The van der Waals surface area contributed by atoms with Gasteiger partial charge in [-0.2, -0.15) is 14.0 Å². The quantitative estimate of drug-likeness (QED) is 0.661. The van der Waals surface area contributed by atoms with E-state index >= 15 is 0 Å². The van der Waals surface area contributed by atoms with Crippen LogP contribution < -0.4 is 4.74 Å². The molecule has 1 aromatic carbocycles. The van der Waals surface area contributed by atoms with Crippen LogP contribution in [0, 0.1) is 18.3 Å². The Balaban J connectivity index is 2.24. The van der Waals surface area contributed by atoms with E-state index in [1.807, 2.05) is 6.07 Å². The van der Waals surface area contributed by atoms with Gasteiger partial charge in [-0.15, -0.1) is 5.10 Å². The van der Waals surface area contributed by atoms with Crippen LogP contribution in [0.1, 0.15) is 16.8 Å². The Hall–Kier alpha value is -3.06. The molecule has 0 saturated carbocycles. The highest BCUT2D eigenvalue weighted by Crippen LogP contribution is 2.36. The molecule has 7 nitrogen and oxygen atoms in total. The van der Waals surface area contributed by atoms with Crippen molar-refractivity contribution in [3.63, 3.8) is 0 Å². The fourth-order valence-electron chi connectivity index (χ4n) is 2.69. The molecule has 2 heterocycles. The maximum absolute atomic E-state index is 12.7. The molecule has 0 aliphatic carbocycles. The van der Waals surface area contributed by atoms with Crippen LogP contribution in [0.3, 0.4) is 0 Å². The van der Waals surface area contributed by atoms with Crippen molar-refractivity contribution in [3.05, 3.63) is 41.2 Å². The third-order valence-electron chi connectivity index (χ3n) is 3.81. The summed E-state index contributed by atoms with van der Waals surface area (Å²) in [5.74, 6) is -0.450. The van der Waals surface area contributed by atoms with E-state index in [-0.39, 0.29) is 28.3 Å². The molecule has 3 rings (SSSR count). The van der Waals surface area contributed by atoms with Crippen molar-refractivity contribution in [1.82, 2.24) is 15.2 Å². The average Bonchev–Trinajstić information content (AvgIpc) is 2.98. The fourth-order valence-corrected chi connectivity index (χ4v) is 3.32. The van der Waals surface area contributed by atoms with Crippen LogP contribution in [-0.2, 0) is 16.5 Å². The Morgan fingerprint density at radius 1 is 1.38 bits per heavy atom. The topological polar surface area (TPSA) is 109 Å². The van der Waals surface area contributed by atoms with Gasteiger partial charge in [-0.05, 0) is 23.6 Å². The second-order valence-corrected chi connectivity index (χ2v) is 6.40. The van der Waals surface area contributed by atoms with Crippen molar-refractivity contribution in [2.75, 3.05) is 0 Å². The second kappa shape index (κ2) is 7.05. The molecule has 134 valence electrons. The number of H-pyrrole nitrogens is 1. The number of hydrogen-bond donors (Lipinski definition) is 2. The van der Waals surface area contributed by atoms with Gasteiger partial charge < -0.3 is 4.74 Å². The molecule has 1 N–H and O–H groups in total. The van der Waals surface area contributed by atoms with E-state index in [1.54, 1.807) is 25.1 Å². The molecule has 0 bridgehead atoms. The SMILES string of the molecule is Cc1cc(-c2c(C#N)ncc3[nH]nc(OC(F)F)c23)ccc1C[SH](=O)=O. The zero-order valence-electron chi connectivity index (χ0n) is 13.4. The number of nitrogens with zero attached hydrogens (tertiary/aromatic N) is 3. The Bertz CT molecular complexity index is 1090. The Morgan fingerprint density at radius 2 is 2.15 bits per heavy atom. The standard InChI is InChI=1S/C16H12F2N4O3S/c1-8-4-9(2-3-10(8)7-26(23)24)13-11(5-19)20-6-12-14(13)15(22-21-12)25-16(17)18/h2-4,6,16,26H,7H2,1H3,(H,21,22). The van der Waals surface area contributed by atoms with E-state index in [0.717, 1.165) is 0 Å². The molecule has 0 fully saturated rings. The van der Waals surface area contributed by atoms with Crippen LogP contribution in [0.25, 0.3) is 22.0 Å². The maximum Gasteiger partial charge on any atom is 0.388 e. The van der Waals surface area contributed by atoms with E-state index in [0.29, 0.717) is 22.2 Å². The van der Waals surface area contributed by atoms with Crippen molar-refractivity contribution < 1.29 is 21.9 Å². The number of hydrogen-bond acceptors (Lipinski definition) is 6. The molecule has 0 saturated heterocycles. The normalized spacial score (nSPS) is 11.2. The van der Waals surface area contributed by atoms with E-state index < -0.39 is 17.3 Å². The predicted molar refractivity (Wildman–Crippen MR) is 89.4 cm³/mol. The lowest BCUT2D eigenvalue weighted by Gasteiger charge is -2.10. The Kier molecular flexibility index (Phi) is 4.81. The lowest BCUT2D eigenvalue weighted by Crippen LogP contribution is -2.03. The second-order valence-electron chi connectivity index (χ2n) is 5.42. The van der Waals surface area contributed by atoms with E-state index in [1.165, 1.54) is 6.20 Å². The highest BCUT2D eigenvalue weighted by Gasteiger charge is 2.20. The first-order valence-corrected chi connectivity index (χ1v) is 8.70. The number of aromatic nitrogens is 3. The molecule has 0 radical (unpaired) electrons. The molecule has 3 aromatic rings. The van der Waals surface area contributed by atoms with Crippen LogP contribution in [0.2, 0.25) is 0 Å². The molecular weight excluding hydrogens is 366 g/mol. The van der Waals surface area contributed by atoms with Gasteiger partial charge in [0, 0.05) is 5.56 Å². The third-order valence-corrected chi connectivity index (χ3v) is 4.41. The highest BCUT2D eigenvalue weighted by molar-refractivity contribution is 7.71. The van der Waals surface area contributed by atoms with E-state index in [4.69, 9.17) is 0 Å². The minimum atomic E-state index is -3.08. The van der Waals surface area contributed by atoms with Gasteiger partial charge in [-0.3, -0.25) is 5.10 Å². The summed E-state index contributed by atoms with van der Waals surface area (Å²) in [6, 6.07) is 6.82. The summed E-state index contributed by atoms with van der Waals surface area (Å²) in [6.45, 7) is -1.35. The first-order valence-electron chi connectivity index (χ1n) is 7.34. The number of halogens is 2. The molecule has 0 aliphatic heterocycles. The summed E-state index contributed by atoms with van der Waals surface area (Å²) in [5.41, 5.74) is 2.44. The minimum Gasteiger partial charge on any atom is -0.415 e. The van der Waals surface area contributed by atoms with E-state index in [2.05, 4.69) is 19.9 Å². The molecular formula is C16H12F2N4O3S. The first-order chi connectivity index (χ1) is 12.4. The predicted octanol–water partition coefficient (Wildman–Crippen LogP) is 2.52. The van der Waals surface area contributed by atoms with Crippen molar-refractivity contribution in [3.8, 4) is 23.1 Å². The van der Waals surface area contributed by atoms with Gasteiger partial charge in [-0.25, -0.2) is 13.4 Å². The van der Waals surface area contributed by atoms with Gasteiger partial charge in [0.15, 0.2) is 0 Å². The molecule has 0 amide bonds. The van der Waals surface area contributed by atoms with Crippen molar-refractivity contribution in [2.45, 2.75) is 19.3 Å². The van der Waals surface area contributed by atoms with Crippen LogP contribution in [0.15, 0.2) is 24.4 Å². The summed E-state index contributed by atoms with van der Waals surface area (Å²) in [7, 11) is -2.58. The van der Waals surface area contributed by atoms with Gasteiger partial charge in [0.1, 0.15) is 22.5 Å². The van der Waals surface area contributed by atoms with Gasteiger partial charge in [0.2, 0.25) is 5.88 Å². The average molecular weight is 378 g/mol. The number of fused-ring (bicyclic) bond motifs is 1. The van der Waals surface area contributed by atoms with Crippen molar-refractivity contribution in [1.29, 1.82) is 5.26 Å². The number of pyridine rings is 1. The number of benzene rings is 1. The minimum absolute atomic E-state index is 0.0140. The summed E-state index contributed by atoms with van der Waals surface area (Å²) in [6.07, 6.45) is 1.31. The van der Waals surface area contributed by atoms with Crippen LogP contribution in [0.5, 0.6) is 5.88 Å². The molecule has 26 heavy (non-hydrogen) atoms. The summed E-state index contributed by atoms with van der Waals surface area (Å²) >= 11 is 0.